The van der Waals surface area contributed by atoms with E-state index in [1.165, 1.54) is 56.5 Å². The first-order valence-electron chi connectivity index (χ1n) is 7.28. The lowest BCUT2D eigenvalue weighted by atomic mass is 9.68. The standard InChI is InChI=1S/C14H23N3OS/c1-18-11-12(15)16-19-13(11)17-9-7-14(8-10-17)5-3-2-4-6-14/h2-10H2,1H3,(H2,15,16). The topological polar surface area (TPSA) is 51.4 Å². The van der Waals surface area contributed by atoms with E-state index in [1.807, 2.05) is 0 Å². The van der Waals surface area contributed by atoms with E-state index in [2.05, 4.69) is 9.27 Å². The van der Waals surface area contributed by atoms with Gasteiger partial charge < -0.3 is 15.4 Å². The molecule has 1 aliphatic carbocycles. The Kier molecular flexibility index (Phi) is 3.56. The highest BCUT2D eigenvalue weighted by molar-refractivity contribution is 7.11. The maximum atomic E-state index is 5.84. The lowest BCUT2D eigenvalue weighted by Gasteiger charge is -2.44. The Bertz CT molecular complexity index is 430. The molecule has 2 heterocycles. The van der Waals surface area contributed by atoms with Crippen molar-refractivity contribution in [1.29, 1.82) is 0 Å². The predicted molar refractivity (Wildman–Crippen MR) is 80.0 cm³/mol. The SMILES string of the molecule is COc1c(N)nsc1N1CCC2(CCCCC2)CC1. The molecular weight excluding hydrogens is 258 g/mol. The minimum absolute atomic E-state index is 0.528. The number of ether oxygens (including phenoxy) is 1. The molecule has 1 saturated heterocycles. The van der Waals surface area contributed by atoms with Gasteiger partial charge in [0.2, 0.25) is 0 Å². The van der Waals surface area contributed by atoms with Crippen LogP contribution in [-0.4, -0.2) is 24.6 Å². The Labute approximate surface area is 119 Å². The average molecular weight is 281 g/mol. The molecule has 3 rings (SSSR count). The largest absolute Gasteiger partial charge is 0.490 e. The molecule has 1 aliphatic heterocycles. The summed E-state index contributed by atoms with van der Waals surface area (Å²) in [6.07, 6.45) is 9.78. The molecular formula is C14H23N3OS. The summed E-state index contributed by atoms with van der Waals surface area (Å²) in [5.41, 5.74) is 6.48. The van der Waals surface area contributed by atoms with Gasteiger partial charge in [-0.1, -0.05) is 19.3 Å². The van der Waals surface area contributed by atoms with Gasteiger partial charge in [-0.15, -0.1) is 0 Å². The van der Waals surface area contributed by atoms with Crippen LogP contribution in [0, 0.1) is 5.41 Å². The Morgan fingerprint density at radius 3 is 2.47 bits per heavy atom. The molecule has 0 atom stereocenters. The van der Waals surface area contributed by atoms with Gasteiger partial charge in [0, 0.05) is 13.1 Å². The van der Waals surface area contributed by atoms with Gasteiger partial charge in [-0.25, -0.2) is 0 Å². The van der Waals surface area contributed by atoms with Crippen LogP contribution < -0.4 is 15.4 Å². The molecule has 0 aromatic carbocycles. The molecule has 2 fully saturated rings. The van der Waals surface area contributed by atoms with Crippen LogP contribution in [0.2, 0.25) is 0 Å². The Balaban J connectivity index is 1.69. The second kappa shape index (κ2) is 5.19. The van der Waals surface area contributed by atoms with Crippen LogP contribution in [-0.2, 0) is 0 Å². The number of aromatic nitrogens is 1. The summed E-state index contributed by atoms with van der Waals surface area (Å²) in [4.78, 5) is 2.41. The number of hydrogen-bond acceptors (Lipinski definition) is 5. The predicted octanol–water partition coefficient (Wildman–Crippen LogP) is 3.28. The van der Waals surface area contributed by atoms with Gasteiger partial charge in [0.25, 0.3) is 0 Å². The number of nitrogens with zero attached hydrogens (tertiary/aromatic N) is 2. The number of methoxy groups -OCH3 is 1. The first kappa shape index (κ1) is 13.0. The summed E-state index contributed by atoms with van der Waals surface area (Å²) in [7, 11) is 1.68. The van der Waals surface area contributed by atoms with E-state index >= 15 is 0 Å². The monoisotopic (exact) mass is 281 g/mol. The minimum atomic E-state index is 0.528. The second-order valence-corrected chi connectivity index (χ2v) is 6.71. The van der Waals surface area contributed by atoms with Crippen LogP contribution in [0.25, 0.3) is 0 Å². The highest BCUT2D eigenvalue weighted by atomic mass is 32.1. The molecule has 106 valence electrons. The molecule has 5 heteroatoms. The van der Waals surface area contributed by atoms with Crippen molar-refractivity contribution in [3.8, 4) is 5.75 Å². The molecule has 0 amide bonds. The molecule has 4 nitrogen and oxygen atoms in total. The molecule has 0 bridgehead atoms. The fraction of sp³-hybridized carbons (Fsp3) is 0.786. The van der Waals surface area contributed by atoms with Gasteiger partial charge in [-0.3, -0.25) is 0 Å². The van der Waals surface area contributed by atoms with E-state index < -0.39 is 0 Å². The van der Waals surface area contributed by atoms with Crippen molar-refractivity contribution in [3.05, 3.63) is 0 Å². The normalized spacial score (nSPS) is 22.7. The molecule has 1 saturated carbocycles. The van der Waals surface area contributed by atoms with E-state index in [4.69, 9.17) is 10.5 Å². The van der Waals surface area contributed by atoms with Crippen LogP contribution in [0.4, 0.5) is 10.8 Å². The maximum absolute atomic E-state index is 5.84. The van der Waals surface area contributed by atoms with Crippen molar-refractivity contribution in [2.24, 2.45) is 5.41 Å². The van der Waals surface area contributed by atoms with Crippen molar-refractivity contribution in [1.82, 2.24) is 4.37 Å². The van der Waals surface area contributed by atoms with Gasteiger partial charge >= 0.3 is 0 Å². The zero-order chi connectivity index (χ0) is 13.3. The Hall–Kier alpha value is -0.970. The first-order chi connectivity index (χ1) is 9.24. The lowest BCUT2D eigenvalue weighted by molar-refractivity contribution is 0.144. The third-order valence-corrected chi connectivity index (χ3v) is 5.79. The highest BCUT2D eigenvalue weighted by Crippen LogP contribution is 2.47. The Morgan fingerprint density at radius 2 is 1.84 bits per heavy atom. The Morgan fingerprint density at radius 1 is 1.16 bits per heavy atom. The fourth-order valence-corrected chi connectivity index (χ4v) is 4.50. The van der Waals surface area contributed by atoms with Crippen molar-refractivity contribution in [2.45, 2.75) is 44.9 Å². The summed E-state index contributed by atoms with van der Waals surface area (Å²) in [6, 6.07) is 0. The summed E-state index contributed by atoms with van der Waals surface area (Å²) < 4.78 is 9.61. The smallest absolute Gasteiger partial charge is 0.197 e. The maximum Gasteiger partial charge on any atom is 0.197 e. The first-order valence-corrected chi connectivity index (χ1v) is 8.06. The van der Waals surface area contributed by atoms with Crippen LogP contribution >= 0.6 is 11.5 Å². The zero-order valence-corrected chi connectivity index (χ0v) is 12.5. The van der Waals surface area contributed by atoms with Gasteiger partial charge in [0.15, 0.2) is 16.6 Å². The van der Waals surface area contributed by atoms with E-state index in [0.717, 1.165) is 23.8 Å². The van der Waals surface area contributed by atoms with Crippen molar-refractivity contribution < 1.29 is 4.74 Å². The highest BCUT2D eigenvalue weighted by Gasteiger charge is 2.36. The van der Waals surface area contributed by atoms with Crippen molar-refractivity contribution in [3.63, 3.8) is 0 Å². The van der Waals surface area contributed by atoms with E-state index in [9.17, 15) is 0 Å². The molecule has 1 aromatic rings. The van der Waals surface area contributed by atoms with Crippen LogP contribution in [0.5, 0.6) is 5.75 Å². The summed E-state index contributed by atoms with van der Waals surface area (Å²) in [6.45, 7) is 2.25. The molecule has 19 heavy (non-hydrogen) atoms. The van der Waals surface area contributed by atoms with Gasteiger partial charge in [-0.05, 0) is 42.6 Å². The zero-order valence-electron chi connectivity index (χ0n) is 11.7. The third kappa shape index (κ3) is 2.40. The van der Waals surface area contributed by atoms with E-state index in [0.29, 0.717) is 11.2 Å². The molecule has 1 aromatic heterocycles. The number of rotatable bonds is 2. The van der Waals surface area contributed by atoms with Crippen LogP contribution in [0.1, 0.15) is 44.9 Å². The quantitative estimate of drug-likeness (QED) is 0.904. The van der Waals surface area contributed by atoms with Gasteiger partial charge in [0.05, 0.1) is 7.11 Å². The molecule has 1 spiro atoms. The summed E-state index contributed by atoms with van der Waals surface area (Å²) in [5.74, 6) is 1.30. The molecule has 0 radical (unpaired) electrons. The minimum Gasteiger partial charge on any atom is -0.490 e. The number of hydrogen-bond donors (Lipinski definition) is 1. The third-order valence-electron chi connectivity index (χ3n) is 4.89. The van der Waals surface area contributed by atoms with Crippen molar-refractivity contribution in [2.75, 3.05) is 30.8 Å². The number of nitrogens with two attached hydrogens (primary N) is 1. The molecule has 2 aliphatic rings. The number of anilines is 2. The van der Waals surface area contributed by atoms with Crippen LogP contribution in [0.15, 0.2) is 0 Å². The van der Waals surface area contributed by atoms with Crippen molar-refractivity contribution >= 4 is 22.4 Å². The van der Waals surface area contributed by atoms with E-state index in [1.54, 1.807) is 7.11 Å². The molecule has 2 N–H and O–H groups in total. The van der Waals surface area contributed by atoms with Crippen LogP contribution in [0.3, 0.4) is 0 Å². The van der Waals surface area contributed by atoms with E-state index in [-0.39, 0.29) is 0 Å². The van der Waals surface area contributed by atoms with Gasteiger partial charge in [-0.2, -0.15) is 4.37 Å². The fourth-order valence-electron chi connectivity index (χ4n) is 3.66. The summed E-state index contributed by atoms with van der Waals surface area (Å²) in [5, 5.41) is 1.12. The molecule has 0 unspecified atom stereocenters. The number of nitrogen functional groups attached to an aromatic ring is 1. The average Bonchev–Trinajstić information content (AvgIpc) is 2.82. The lowest BCUT2D eigenvalue weighted by Crippen LogP contribution is -2.40. The second-order valence-electron chi connectivity index (χ2n) is 5.95. The summed E-state index contributed by atoms with van der Waals surface area (Å²) >= 11 is 1.47. The van der Waals surface area contributed by atoms with Gasteiger partial charge in [0.1, 0.15) is 0 Å². The number of piperidine rings is 1.